The number of amides is 1. The molecule has 2 unspecified atom stereocenters. The van der Waals surface area contributed by atoms with Gasteiger partial charge in [0.2, 0.25) is 5.91 Å². The van der Waals surface area contributed by atoms with Gasteiger partial charge in [-0.25, -0.2) is 0 Å². The van der Waals surface area contributed by atoms with Gasteiger partial charge < -0.3 is 10.2 Å². The Bertz CT molecular complexity index is 988. The number of nitrogens with zero attached hydrogens (tertiary/aromatic N) is 2. The summed E-state index contributed by atoms with van der Waals surface area (Å²) < 4.78 is 0. The molecule has 1 fully saturated rings. The molecule has 0 saturated carbocycles. The lowest BCUT2D eigenvalue weighted by Crippen LogP contribution is -2.43. The summed E-state index contributed by atoms with van der Waals surface area (Å²) in [6, 6.07) is 23.3. The molecule has 1 N–H and O–H groups in total. The van der Waals surface area contributed by atoms with Crippen LogP contribution >= 0.6 is 0 Å². The van der Waals surface area contributed by atoms with E-state index in [0.29, 0.717) is 5.92 Å². The minimum atomic E-state index is -0.372. The van der Waals surface area contributed by atoms with Gasteiger partial charge in [-0.2, -0.15) is 0 Å². The van der Waals surface area contributed by atoms with Crippen molar-refractivity contribution < 1.29 is 4.79 Å². The first-order valence-electron chi connectivity index (χ1n) is 11.1. The van der Waals surface area contributed by atoms with Crippen LogP contribution in [0, 0.1) is 5.41 Å². The van der Waals surface area contributed by atoms with E-state index < -0.39 is 0 Å². The van der Waals surface area contributed by atoms with Crippen LogP contribution in [0.25, 0.3) is 11.1 Å². The van der Waals surface area contributed by atoms with E-state index in [1.165, 1.54) is 16.7 Å². The molecule has 1 amide bonds. The topological polar surface area (TPSA) is 45.2 Å². The molecule has 0 spiro atoms. The lowest BCUT2D eigenvalue weighted by Gasteiger charge is -2.29. The van der Waals surface area contributed by atoms with Crippen molar-refractivity contribution in [3.8, 4) is 11.1 Å². The van der Waals surface area contributed by atoms with Crippen molar-refractivity contribution in [2.75, 3.05) is 26.7 Å². The molecule has 4 rings (SSSR count). The van der Waals surface area contributed by atoms with Crippen LogP contribution in [0.1, 0.15) is 30.4 Å². The van der Waals surface area contributed by atoms with Gasteiger partial charge in [-0.05, 0) is 59.7 Å². The number of pyridine rings is 1. The first kappa shape index (κ1) is 21.3. The van der Waals surface area contributed by atoms with Gasteiger partial charge in [-0.3, -0.25) is 9.78 Å². The number of aromatic nitrogens is 1. The molecule has 31 heavy (non-hydrogen) atoms. The fourth-order valence-electron chi connectivity index (χ4n) is 4.81. The monoisotopic (exact) mass is 413 g/mol. The first-order chi connectivity index (χ1) is 15.1. The number of likely N-dealkylation sites (tertiary alicyclic amines) is 1. The number of rotatable bonds is 7. The van der Waals surface area contributed by atoms with Crippen LogP contribution in [0.5, 0.6) is 0 Å². The van der Waals surface area contributed by atoms with Gasteiger partial charge >= 0.3 is 0 Å². The molecule has 2 heterocycles. The summed E-state index contributed by atoms with van der Waals surface area (Å²) in [4.78, 5) is 19.5. The quantitative estimate of drug-likeness (QED) is 0.619. The summed E-state index contributed by atoms with van der Waals surface area (Å²) in [6.45, 7) is 5.01. The second-order valence-corrected chi connectivity index (χ2v) is 8.77. The zero-order valence-corrected chi connectivity index (χ0v) is 18.4. The molecule has 0 bridgehead atoms. The molecule has 0 radical (unpaired) electrons. The second-order valence-electron chi connectivity index (χ2n) is 8.77. The van der Waals surface area contributed by atoms with Crippen molar-refractivity contribution in [1.82, 2.24) is 15.2 Å². The van der Waals surface area contributed by atoms with E-state index in [0.717, 1.165) is 38.0 Å². The van der Waals surface area contributed by atoms with Crippen molar-refractivity contribution in [3.63, 3.8) is 0 Å². The first-order valence-corrected chi connectivity index (χ1v) is 11.1. The molecular weight excluding hydrogens is 382 g/mol. The van der Waals surface area contributed by atoms with Crippen LogP contribution in [-0.2, 0) is 11.2 Å². The number of benzene rings is 2. The predicted molar refractivity (Wildman–Crippen MR) is 126 cm³/mol. The SMILES string of the molecule is CNC(=O)C1(Cc2ccc(-c3ccncc3)cc2)CCN(CC(C)c2ccccc2)C1. The van der Waals surface area contributed by atoms with Crippen molar-refractivity contribution in [2.45, 2.75) is 25.7 Å². The minimum absolute atomic E-state index is 0.153. The standard InChI is InChI=1S/C27H31N3O/c1-21(23-6-4-3-5-7-23)19-30-17-14-27(20-30,26(31)28-2)18-22-8-10-24(11-9-22)25-12-15-29-16-13-25/h3-13,15-16,21H,14,17-20H2,1-2H3,(H,28,31). The summed E-state index contributed by atoms with van der Waals surface area (Å²) in [5.41, 5.74) is 4.52. The normalized spacial score (nSPS) is 19.8. The molecule has 1 saturated heterocycles. The van der Waals surface area contributed by atoms with E-state index in [-0.39, 0.29) is 11.3 Å². The van der Waals surface area contributed by atoms with Gasteiger partial charge in [0.15, 0.2) is 0 Å². The van der Waals surface area contributed by atoms with Crippen LogP contribution in [0.15, 0.2) is 79.1 Å². The molecule has 4 nitrogen and oxygen atoms in total. The Hall–Kier alpha value is -2.98. The average molecular weight is 414 g/mol. The summed E-state index contributed by atoms with van der Waals surface area (Å²) in [5, 5.41) is 2.94. The summed E-state index contributed by atoms with van der Waals surface area (Å²) in [5.74, 6) is 0.599. The highest BCUT2D eigenvalue weighted by molar-refractivity contribution is 5.83. The molecule has 0 aliphatic carbocycles. The Kier molecular flexibility index (Phi) is 6.47. The Morgan fingerprint density at radius 1 is 1.03 bits per heavy atom. The Balaban J connectivity index is 1.47. The summed E-state index contributed by atoms with van der Waals surface area (Å²) >= 11 is 0. The van der Waals surface area contributed by atoms with Crippen molar-refractivity contribution in [1.29, 1.82) is 0 Å². The minimum Gasteiger partial charge on any atom is -0.359 e. The van der Waals surface area contributed by atoms with Gasteiger partial charge in [-0.15, -0.1) is 0 Å². The Labute approximate surface area is 185 Å². The van der Waals surface area contributed by atoms with E-state index >= 15 is 0 Å². The predicted octanol–water partition coefficient (Wildman–Crippen LogP) is 4.53. The smallest absolute Gasteiger partial charge is 0.227 e. The molecule has 160 valence electrons. The zero-order valence-electron chi connectivity index (χ0n) is 18.4. The third-order valence-corrected chi connectivity index (χ3v) is 6.55. The van der Waals surface area contributed by atoms with Crippen LogP contribution in [0.2, 0.25) is 0 Å². The molecule has 1 aliphatic heterocycles. The third-order valence-electron chi connectivity index (χ3n) is 6.55. The van der Waals surface area contributed by atoms with Crippen LogP contribution in [0.4, 0.5) is 0 Å². The molecular formula is C27H31N3O. The van der Waals surface area contributed by atoms with Crippen molar-refractivity contribution in [3.05, 3.63) is 90.3 Å². The van der Waals surface area contributed by atoms with Crippen LogP contribution < -0.4 is 5.32 Å². The van der Waals surface area contributed by atoms with E-state index in [9.17, 15) is 4.79 Å². The van der Waals surface area contributed by atoms with E-state index in [4.69, 9.17) is 0 Å². The highest BCUT2D eigenvalue weighted by atomic mass is 16.2. The van der Waals surface area contributed by atoms with Gasteiger partial charge in [-0.1, -0.05) is 61.5 Å². The average Bonchev–Trinajstić information content (AvgIpc) is 3.23. The van der Waals surface area contributed by atoms with Crippen molar-refractivity contribution in [2.24, 2.45) is 5.41 Å². The molecule has 3 aromatic rings. The number of carbonyl (C=O) groups excluding carboxylic acids is 1. The maximum Gasteiger partial charge on any atom is 0.227 e. The maximum absolute atomic E-state index is 13.0. The maximum atomic E-state index is 13.0. The Morgan fingerprint density at radius 2 is 1.71 bits per heavy atom. The van der Waals surface area contributed by atoms with Crippen molar-refractivity contribution >= 4 is 5.91 Å². The highest BCUT2D eigenvalue weighted by Crippen LogP contribution is 2.36. The van der Waals surface area contributed by atoms with Crippen LogP contribution in [0.3, 0.4) is 0 Å². The van der Waals surface area contributed by atoms with Gasteiger partial charge in [0.05, 0.1) is 5.41 Å². The fourth-order valence-corrected chi connectivity index (χ4v) is 4.81. The van der Waals surface area contributed by atoms with E-state index in [2.05, 4.69) is 76.7 Å². The van der Waals surface area contributed by atoms with E-state index in [1.807, 2.05) is 24.5 Å². The summed E-state index contributed by atoms with van der Waals surface area (Å²) in [6.07, 6.45) is 5.28. The summed E-state index contributed by atoms with van der Waals surface area (Å²) in [7, 11) is 1.76. The lowest BCUT2D eigenvalue weighted by molar-refractivity contribution is -0.130. The second kappa shape index (κ2) is 9.44. The largest absolute Gasteiger partial charge is 0.359 e. The molecule has 1 aliphatic rings. The molecule has 2 atom stereocenters. The Morgan fingerprint density at radius 3 is 2.39 bits per heavy atom. The zero-order chi connectivity index (χ0) is 21.7. The molecule has 2 aromatic carbocycles. The number of hydrogen-bond acceptors (Lipinski definition) is 3. The van der Waals surface area contributed by atoms with E-state index in [1.54, 1.807) is 7.05 Å². The number of nitrogens with one attached hydrogen (secondary N) is 1. The lowest BCUT2D eigenvalue weighted by atomic mass is 9.79. The third kappa shape index (κ3) is 4.86. The van der Waals surface area contributed by atoms with Gasteiger partial charge in [0, 0.05) is 32.5 Å². The fraction of sp³-hybridized carbons (Fsp3) is 0.333. The van der Waals surface area contributed by atoms with Crippen LogP contribution in [-0.4, -0.2) is 42.5 Å². The molecule has 1 aromatic heterocycles. The number of hydrogen-bond donors (Lipinski definition) is 1. The van der Waals surface area contributed by atoms with Gasteiger partial charge in [0.25, 0.3) is 0 Å². The molecule has 4 heteroatoms. The number of carbonyl (C=O) groups is 1. The van der Waals surface area contributed by atoms with Gasteiger partial charge in [0.1, 0.15) is 0 Å². The highest BCUT2D eigenvalue weighted by Gasteiger charge is 2.44.